The molecule has 2 rings (SSSR count). The van der Waals surface area contributed by atoms with Crippen LogP contribution >= 0.6 is 15.9 Å². The zero-order valence-corrected chi connectivity index (χ0v) is 17.3. The highest BCUT2D eigenvalue weighted by atomic mass is 79.9. The minimum atomic E-state index is -0.469. The maximum atomic E-state index is 12.2. The molecule has 0 atom stereocenters. The van der Waals surface area contributed by atoms with E-state index >= 15 is 0 Å². The largest absolute Gasteiger partial charge is 0.492 e. The van der Waals surface area contributed by atoms with Crippen LogP contribution in [0, 0.1) is 0 Å². The molecule has 0 bridgehead atoms. The van der Waals surface area contributed by atoms with Crippen molar-refractivity contribution < 1.29 is 19.1 Å². The first-order valence-corrected chi connectivity index (χ1v) is 9.66. The number of halogens is 1. The molecule has 0 fully saturated rings. The van der Waals surface area contributed by atoms with Crippen molar-refractivity contribution in [3.8, 4) is 5.75 Å². The lowest BCUT2D eigenvalue weighted by Gasteiger charge is -2.10. The molecule has 0 radical (unpaired) electrons. The lowest BCUT2D eigenvalue weighted by molar-refractivity contribution is -0.115. The number of hydrogen-bond acceptors (Lipinski definition) is 4. The van der Waals surface area contributed by atoms with Crippen molar-refractivity contribution in [2.45, 2.75) is 26.7 Å². The molecule has 3 amide bonds. The van der Waals surface area contributed by atoms with E-state index in [0.717, 1.165) is 6.42 Å². The molecular weight excluding hydrogens is 426 g/mol. The van der Waals surface area contributed by atoms with Gasteiger partial charge in [-0.1, -0.05) is 13.8 Å². The van der Waals surface area contributed by atoms with E-state index in [0.29, 0.717) is 40.1 Å². The van der Waals surface area contributed by atoms with Gasteiger partial charge < -0.3 is 10.1 Å². The summed E-state index contributed by atoms with van der Waals surface area (Å²) in [5, 5.41) is 2.70. The molecule has 8 heteroatoms. The third-order valence-electron chi connectivity index (χ3n) is 3.70. The van der Waals surface area contributed by atoms with Crippen LogP contribution in [0.1, 0.15) is 47.4 Å². The lowest BCUT2D eigenvalue weighted by atomic mass is 10.2. The Hall–Kier alpha value is -2.87. The number of nitrogens with one attached hydrogen (secondary N) is 3. The molecule has 2 aromatic rings. The number of carbonyl (C=O) groups excluding carboxylic acids is 3. The second-order valence-electron chi connectivity index (χ2n) is 5.88. The molecule has 148 valence electrons. The van der Waals surface area contributed by atoms with E-state index in [1.807, 2.05) is 6.92 Å². The Bertz CT molecular complexity index is 853. The van der Waals surface area contributed by atoms with Gasteiger partial charge in [-0.25, -0.2) is 0 Å². The van der Waals surface area contributed by atoms with E-state index in [-0.39, 0.29) is 5.91 Å². The molecule has 0 aliphatic carbocycles. The molecule has 0 aliphatic rings. The first-order valence-electron chi connectivity index (χ1n) is 8.87. The number of benzene rings is 2. The van der Waals surface area contributed by atoms with Gasteiger partial charge in [0.25, 0.3) is 11.8 Å². The standard InChI is InChI=1S/C20H22BrN3O4/c1-3-11-28-17-10-7-14(12-16(17)21)20(27)24-23-19(26)13-5-8-15(9-6-13)22-18(25)4-2/h5-10,12H,3-4,11H2,1-2H3,(H,22,25)(H,23,26)(H,24,27). The Kier molecular flexibility index (Phi) is 8.01. The number of rotatable bonds is 7. The zero-order chi connectivity index (χ0) is 20.5. The molecule has 0 saturated heterocycles. The van der Waals surface area contributed by atoms with E-state index in [9.17, 15) is 14.4 Å². The molecule has 0 unspecified atom stereocenters. The Balaban J connectivity index is 1.92. The molecule has 0 aromatic heterocycles. The van der Waals surface area contributed by atoms with Gasteiger partial charge in [0.15, 0.2) is 0 Å². The van der Waals surface area contributed by atoms with E-state index in [2.05, 4.69) is 32.1 Å². The van der Waals surface area contributed by atoms with Crippen LogP contribution in [0.15, 0.2) is 46.9 Å². The summed E-state index contributed by atoms with van der Waals surface area (Å²) in [4.78, 5) is 35.8. The number of hydrazine groups is 1. The topological polar surface area (TPSA) is 96.5 Å². The fraction of sp³-hybridized carbons (Fsp3) is 0.250. The van der Waals surface area contributed by atoms with Crippen LogP contribution in [-0.4, -0.2) is 24.3 Å². The van der Waals surface area contributed by atoms with Gasteiger partial charge in [0.1, 0.15) is 5.75 Å². The third-order valence-corrected chi connectivity index (χ3v) is 4.32. The van der Waals surface area contributed by atoms with Gasteiger partial charge in [0.05, 0.1) is 11.1 Å². The Labute approximate surface area is 171 Å². The maximum absolute atomic E-state index is 12.2. The van der Waals surface area contributed by atoms with Crippen LogP contribution in [0.4, 0.5) is 5.69 Å². The molecule has 3 N–H and O–H groups in total. The van der Waals surface area contributed by atoms with Crippen LogP contribution in [0.5, 0.6) is 5.75 Å². The van der Waals surface area contributed by atoms with Crippen molar-refractivity contribution in [1.82, 2.24) is 10.9 Å². The normalized spacial score (nSPS) is 10.1. The Morgan fingerprint density at radius 1 is 0.929 bits per heavy atom. The SMILES string of the molecule is CCCOc1ccc(C(=O)NNC(=O)c2ccc(NC(=O)CC)cc2)cc1Br. The van der Waals surface area contributed by atoms with Gasteiger partial charge in [-0.15, -0.1) is 0 Å². The van der Waals surface area contributed by atoms with Crippen LogP contribution < -0.4 is 20.9 Å². The van der Waals surface area contributed by atoms with E-state index in [1.165, 1.54) is 0 Å². The molecule has 7 nitrogen and oxygen atoms in total. The van der Waals surface area contributed by atoms with Gasteiger partial charge in [-0.05, 0) is 64.8 Å². The fourth-order valence-corrected chi connectivity index (χ4v) is 2.68. The summed E-state index contributed by atoms with van der Waals surface area (Å²) in [6.45, 7) is 4.35. The van der Waals surface area contributed by atoms with Gasteiger partial charge in [-0.3, -0.25) is 25.2 Å². The molecule has 0 spiro atoms. The van der Waals surface area contributed by atoms with Gasteiger partial charge >= 0.3 is 0 Å². The smallest absolute Gasteiger partial charge is 0.269 e. The quantitative estimate of drug-likeness (QED) is 0.564. The summed E-state index contributed by atoms with van der Waals surface area (Å²) in [6, 6.07) is 11.3. The molecule has 0 aliphatic heterocycles. The summed E-state index contributed by atoms with van der Waals surface area (Å²) in [6.07, 6.45) is 1.25. The Morgan fingerprint density at radius 2 is 1.54 bits per heavy atom. The van der Waals surface area contributed by atoms with Crippen molar-refractivity contribution in [2.24, 2.45) is 0 Å². The number of hydrogen-bond donors (Lipinski definition) is 3. The summed E-state index contributed by atoms with van der Waals surface area (Å²) in [7, 11) is 0. The summed E-state index contributed by atoms with van der Waals surface area (Å²) < 4.78 is 6.20. The molecule has 28 heavy (non-hydrogen) atoms. The second kappa shape index (κ2) is 10.5. The molecule has 0 saturated carbocycles. The summed E-state index contributed by atoms with van der Waals surface area (Å²) in [5.74, 6) is -0.383. The number of amides is 3. The highest BCUT2D eigenvalue weighted by Crippen LogP contribution is 2.26. The van der Waals surface area contributed by atoms with E-state index < -0.39 is 11.8 Å². The predicted molar refractivity (Wildman–Crippen MR) is 110 cm³/mol. The highest BCUT2D eigenvalue weighted by Gasteiger charge is 2.11. The number of ether oxygens (including phenoxy) is 1. The van der Waals surface area contributed by atoms with Crippen molar-refractivity contribution in [2.75, 3.05) is 11.9 Å². The minimum Gasteiger partial charge on any atom is -0.492 e. The van der Waals surface area contributed by atoms with Crippen LogP contribution in [0.3, 0.4) is 0 Å². The van der Waals surface area contributed by atoms with Gasteiger partial charge in [0, 0.05) is 23.2 Å². The van der Waals surface area contributed by atoms with Crippen LogP contribution in [0.2, 0.25) is 0 Å². The van der Waals surface area contributed by atoms with Gasteiger partial charge in [-0.2, -0.15) is 0 Å². The summed E-state index contributed by atoms with van der Waals surface area (Å²) >= 11 is 3.37. The second-order valence-corrected chi connectivity index (χ2v) is 6.74. The zero-order valence-electron chi connectivity index (χ0n) is 15.7. The minimum absolute atomic E-state index is 0.110. The van der Waals surface area contributed by atoms with Crippen LogP contribution in [0.25, 0.3) is 0 Å². The lowest BCUT2D eigenvalue weighted by Crippen LogP contribution is -2.41. The third kappa shape index (κ3) is 6.09. The number of anilines is 1. The average Bonchev–Trinajstić information content (AvgIpc) is 2.71. The van der Waals surface area contributed by atoms with Crippen molar-refractivity contribution in [1.29, 1.82) is 0 Å². The van der Waals surface area contributed by atoms with Crippen LogP contribution in [-0.2, 0) is 4.79 Å². The highest BCUT2D eigenvalue weighted by molar-refractivity contribution is 9.10. The van der Waals surface area contributed by atoms with E-state index in [1.54, 1.807) is 49.4 Å². The molecule has 2 aromatic carbocycles. The first-order chi connectivity index (χ1) is 13.4. The van der Waals surface area contributed by atoms with Crippen molar-refractivity contribution >= 4 is 39.3 Å². The van der Waals surface area contributed by atoms with Crippen molar-refractivity contribution in [3.05, 3.63) is 58.1 Å². The van der Waals surface area contributed by atoms with Crippen molar-refractivity contribution in [3.63, 3.8) is 0 Å². The monoisotopic (exact) mass is 447 g/mol. The fourth-order valence-electron chi connectivity index (χ4n) is 2.18. The predicted octanol–water partition coefficient (Wildman–Crippen LogP) is 3.66. The first kappa shape index (κ1) is 21.4. The molecular formula is C20H22BrN3O4. The Morgan fingerprint density at radius 3 is 2.11 bits per heavy atom. The maximum Gasteiger partial charge on any atom is 0.269 e. The average molecular weight is 448 g/mol. The number of carbonyl (C=O) groups is 3. The molecule has 0 heterocycles. The van der Waals surface area contributed by atoms with Gasteiger partial charge in [0.2, 0.25) is 5.91 Å². The van der Waals surface area contributed by atoms with E-state index in [4.69, 9.17) is 4.74 Å². The summed E-state index contributed by atoms with van der Waals surface area (Å²) in [5.41, 5.74) is 6.05.